The predicted molar refractivity (Wildman–Crippen MR) is 65.6 cm³/mol. The highest BCUT2D eigenvalue weighted by Gasteiger charge is 2.13. The topological polar surface area (TPSA) is 79.3 Å². The summed E-state index contributed by atoms with van der Waals surface area (Å²) in [6.45, 7) is 0. The Morgan fingerprint density at radius 2 is 1.78 bits per heavy atom. The number of pyridine rings is 1. The Bertz CT molecular complexity index is 582. The molecule has 0 aliphatic carbocycles. The van der Waals surface area contributed by atoms with Gasteiger partial charge in [0.05, 0.1) is 5.69 Å². The van der Waals surface area contributed by atoms with Gasteiger partial charge in [-0.05, 0) is 24.3 Å². The van der Waals surface area contributed by atoms with E-state index in [0.29, 0.717) is 5.56 Å². The molecule has 18 heavy (non-hydrogen) atoms. The number of carbonyl (C=O) groups is 2. The van der Waals surface area contributed by atoms with Crippen molar-refractivity contribution < 1.29 is 14.7 Å². The molecule has 90 valence electrons. The molecule has 0 bridgehead atoms. The van der Waals surface area contributed by atoms with Crippen LogP contribution in [0.2, 0.25) is 0 Å². The number of amides is 1. The van der Waals surface area contributed by atoms with Gasteiger partial charge < -0.3 is 10.4 Å². The van der Waals surface area contributed by atoms with Crippen LogP contribution in [0.5, 0.6) is 0 Å². The number of hydrogen-bond acceptors (Lipinski definition) is 3. The summed E-state index contributed by atoms with van der Waals surface area (Å²) in [6.07, 6.45) is 1.36. The first-order valence-electron chi connectivity index (χ1n) is 5.23. The Morgan fingerprint density at radius 3 is 2.44 bits per heavy atom. The first-order valence-corrected chi connectivity index (χ1v) is 5.23. The molecule has 0 saturated carbocycles. The van der Waals surface area contributed by atoms with Gasteiger partial charge in [0.1, 0.15) is 0 Å². The lowest BCUT2D eigenvalue weighted by Gasteiger charge is -2.07. The van der Waals surface area contributed by atoms with Crippen molar-refractivity contribution in [2.75, 3.05) is 5.32 Å². The Balaban J connectivity index is 2.25. The number of nitrogens with zero attached hydrogens (tertiary/aromatic N) is 1. The number of aromatic carboxylic acids is 1. The molecule has 1 heterocycles. The molecule has 1 aromatic heterocycles. The second-order valence-corrected chi connectivity index (χ2v) is 3.52. The summed E-state index contributed by atoms with van der Waals surface area (Å²) in [5.41, 5.74) is 0.457. The second-order valence-electron chi connectivity index (χ2n) is 3.52. The number of aromatic nitrogens is 1. The van der Waals surface area contributed by atoms with E-state index in [0.717, 1.165) is 0 Å². The standard InChI is InChI=1S/C13H10N2O3/c16-12(9-5-2-1-3-6-9)15-10-7-4-8-14-11(10)13(17)18/h1-8H,(H,15,16)(H,17,18). The molecule has 0 aliphatic heterocycles. The van der Waals surface area contributed by atoms with Crippen molar-refractivity contribution in [1.82, 2.24) is 4.98 Å². The van der Waals surface area contributed by atoms with Crippen LogP contribution in [0, 0.1) is 0 Å². The van der Waals surface area contributed by atoms with Crippen LogP contribution >= 0.6 is 0 Å². The molecule has 2 rings (SSSR count). The van der Waals surface area contributed by atoms with Gasteiger partial charge in [0.15, 0.2) is 5.69 Å². The van der Waals surface area contributed by atoms with Crippen LogP contribution in [0.1, 0.15) is 20.8 Å². The van der Waals surface area contributed by atoms with Crippen molar-refractivity contribution in [3.63, 3.8) is 0 Å². The number of carboxylic acid groups (broad SMARTS) is 1. The van der Waals surface area contributed by atoms with E-state index in [1.807, 2.05) is 0 Å². The average Bonchev–Trinajstić information content (AvgIpc) is 2.40. The highest BCUT2D eigenvalue weighted by molar-refractivity contribution is 6.07. The van der Waals surface area contributed by atoms with E-state index >= 15 is 0 Å². The smallest absolute Gasteiger partial charge is 0.356 e. The molecule has 2 N–H and O–H groups in total. The van der Waals surface area contributed by atoms with Crippen LogP contribution in [0.4, 0.5) is 5.69 Å². The van der Waals surface area contributed by atoms with Crippen LogP contribution < -0.4 is 5.32 Å². The van der Waals surface area contributed by atoms with Gasteiger partial charge in [0, 0.05) is 11.8 Å². The highest BCUT2D eigenvalue weighted by Crippen LogP contribution is 2.13. The monoisotopic (exact) mass is 242 g/mol. The third kappa shape index (κ3) is 2.52. The van der Waals surface area contributed by atoms with Gasteiger partial charge in [-0.3, -0.25) is 4.79 Å². The number of carbonyl (C=O) groups excluding carboxylic acids is 1. The zero-order valence-electron chi connectivity index (χ0n) is 9.33. The summed E-state index contributed by atoms with van der Waals surface area (Å²) in [5, 5.41) is 11.5. The van der Waals surface area contributed by atoms with Gasteiger partial charge in [-0.25, -0.2) is 9.78 Å². The van der Waals surface area contributed by atoms with Crippen molar-refractivity contribution in [3.05, 3.63) is 59.9 Å². The van der Waals surface area contributed by atoms with E-state index in [1.54, 1.807) is 36.4 Å². The van der Waals surface area contributed by atoms with Gasteiger partial charge in [0.2, 0.25) is 0 Å². The molecule has 0 radical (unpaired) electrons. The van der Waals surface area contributed by atoms with E-state index in [4.69, 9.17) is 5.11 Å². The molecule has 1 aromatic carbocycles. The van der Waals surface area contributed by atoms with Crippen LogP contribution in [0.15, 0.2) is 48.7 Å². The van der Waals surface area contributed by atoms with E-state index in [2.05, 4.69) is 10.3 Å². The van der Waals surface area contributed by atoms with E-state index in [1.165, 1.54) is 12.3 Å². The Kier molecular flexibility index (Phi) is 3.33. The minimum atomic E-state index is -1.18. The molecule has 1 amide bonds. The maximum absolute atomic E-state index is 11.9. The van der Waals surface area contributed by atoms with E-state index < -0.39 is 5.97 Å². The summed E-state index contributed by atoms with van der Waals surface area (Å²) >= 11 is 0. The fourth-order valence-electron chi connectivity index (χ4n) is 1.46. The van der Waals surface area contributed by atoms with E-state index in [9.17, 15) is 9.59 Å². The Labute approximate surface area is 103 Å². The fraction of sp³-hybridized carbons (Fsp3) is 0. The number of rotatable bonds is 3. The number of benzene rings is 1. The first kappa shape index (κ1) is 11.8. The van der Waals surface area contributed by atoms with Crippen LogP contribution in [-0.4, -0.2) is 22.0 Å². The molecule has 0 spiro atoms. The third-order valence-electron chi connectivity index (χ3n) is 2.29. The normalized spacial score (nSPS) is 9.78. The summed E-state index contributed by atoms with van der Waals surface area (Å²) < 4.78 is 0. The molecule has 5 nitrogen and oxygen atoms in total. The van der Waals surface area contributed by atoms with Gasteiger partial charge >= 0.3 is 5.97 Å². The number of anilines is 1. The zero-order chi connectivity index (χ0) is 13.0. The number of nitrogens with one attached hydrogen (secondary N) is 1. The van der Waals surface area contributed by atoms with Crippen molar-refractivity contribution in [3.8, 4) is 0 Å². The summed E-state index contributed by atoms with van der Waals surface area (Å²) in [6, 6.07) is 11.6. The van der Waals surface area contributed by atoms with Gasteiger partial charge in [-0.1, -0.05) is 18.2 Å². The van der Waals surface area contributed by atoms with E-state index in [-0.39, 0.29) is 17.3 Å². The summed E-state index contributed by atoms with van der Waals surface area (Å²) in [5.74, 6) is -1.55. The summed E-state index contributed by atoms with van der Waals surface area (Å²) in [4.78, 5) is 26.5. The van der Waals surface area contributed by atoms with Crippen molar-refractivity contribution in [2.24, 2.45) is 0 Å². The average molecular weight is 242 g/mol. The molecule has 2 aromatic rings. The van der Waals surface area contributed by atoms with Crippen LogP contribution in [0.3, 0.4) is 0 Å². The Hall–Kier alpha value is -2.69. The second kappa shape index (κ2) is 5.09. The van der Waals surface area contributed by atoms with Gasteiger partial charge in [-0.15, -0.1) is 0 Å². The Morgan fingerprint density at radius 1 is 1.06 bits per heavy atom. The lowest BCUT2D eigenvalue weighted by molar-refractivity contribution is 0.0692. The molecule has 0 aliphatic rings. The largest absolute Gasteiger partial charge is 0.476 e. The first-order chi connectivity index (χ1) is 8.68. The van der Waals surface area contributed by atoms with Crippen molar-refractivity contribution >= 4 is 17.6 Å². The van der Waals surface area contributed by atoms with Crippen LogP contribution in [0.25, 0.3) is 0 Å². The predicted octanol–water partition coefficient (Wildman–Crippen LogP) is 2.03. The fourth-order valence-corrected chi connectivity index (χ4v) is 1.46. The molecular formula is C13H10N2O3. The number of carboxylic acids is 1. The van der Waals surface area contributed by atoms with Crippen molar-refractivity contribution in [2.45, 2.75) is 0 Å². The van der Waals surface area contributed by atoms with Crippen molar-refractivity contribution in [1.29, 1.82) is 0 Å². The van der Waals surface area contributed by atoms with Gasteiger partial charge in [0.25, 0.3) is 5.91 Å². The maximum atomic E-state index is 11.9. The quantitative estimate of drug-likeness (QED) is 0.863. The number of hydrogen-bond donors (Lipinski definition) is 2. The zero-order valence-corrected chi connectivity index (χ0v) is 9.33. The molecule has 0 saturated heterocycles. The maximum Gasteiger partial charge on any atom is 0.356 e. The minimum absolute atomic E-state index is 0.179. The lowest BCUT2D eigenvalue weighted by atomic mass is 10.2. The minimum Gasteiger partial charge on any atom is -0.476 e. The third-order valence-corrected chi connectivity index (χ3v) is 2.29. The highest BCUT2D eigenvalue weighted by atomic mass is 16.4. The SMILES string of the molecule is O=C(Nc1cccnc1C(=O)O)c1ccccc1. The van der Waals surface area contributed by atoms with Gasteiger partial charge in [-0.2, -0.15) is 0 Å². The van der Waals surface area contributed by atoms with Crippen LogP contribution in [-0.2, 0) is 0 Å². The molecule has 0 unspecified atom stereocenters. The summed E-state index contributed by atoms with van der Waals surface area (Å²) in [7, 11) is 0. The molecule has 5 heteroatoms. The molecule has 0 fully saturated rings. The lowest BCUT2D eigenvalue weighted by Crippen LogP contribution is -2.15. The molecular weight excluding hydrogens is 232 g/mol. The molecule has 0 atom stereocenters.